The average Bonchev–Trinajstić information content (AvgIpc) is 3.28. The Labute approximate surface area is 166 Å². The van der Waals surface area contributed by atoms with Crippen LogP contribution in [0.3, 0.4) is 0 Å². The number of esters is 1. The Kier molecular flexibility index (Phi) is 4.99. The molecule has 1 aromatic carbocycles. The van der Waals surface area contributed by atoms with Gasteiger partial charge in [-0.25, -0.2) is 4.98 Å². The monoisotopic (exact) mass is 393 g/mol. The summed E-state index contributed by atoms with van der Waals surface area (Å²) in [5, 5.41) is 3.36. The normalized spacial score (nSPS) is 16.5. The maximum Gasteiger partial charge on any atom is 0.308 e. The Morgan fingerprint density at radius 3 is 2.86 bits per heavy atom. The summed E-state index contributed by atoms with van der Waals surface area (Å²) >= 11 is 0. The van der Waals surface area contributed by atoms with Gasteiger partial charge in [-0.1, -0.05) is 18.2 Å². The summed E-state index contributed by atoms with van der Waals surface area (Å²) in [5.41, 5.74) is 1.55. The fourth-order valence-electron chi connectivity index (χ4n) is 3.46. The number of benzene rings is 1. The molecule has 1 aliphatic heterocycles. The lowest BCUT2D eigenvalue weighted by atomic mass is 10.0. The van der Waals surface area contributed by atoms with Gasteiger partial charge in [0.1, 0.15) is 11.7 Å². The predicted octanol–water partition coefficient (Wildman–Crippen LogP) is 2.00. The summed E-state index contributed by atoms with van der Waals surface area (Å²) in [5.74, 6) is -0.743. The second-order valence-electron chi connectivity index (χ2n) is 6.64. The van der Waals surface area contributed by atoms with Gasteiger partial charge in [-0.05, 0) is 24.3 Å². The van der Waals surface area contributed by atoms with E-state index >= 15 is 0 Å². The van der Waals surface area contributed by atoms with Gasteiger partial charge in [0.15, 0.2) is 5.76 Å². The van der Waals surface area contributed by atoms with Crippen molar-refractivity contribution < 1.29 is 23.5 Å². The Morgan fingerprint density at radius 1 is 1.28 bits per heavy atom. The molecule has 8 heteroatoms. The fraction of sp³-hybridized carbons (Fsp3) is 0.238. The van der Waals surface area contributed by atoms with Gasteiger partial charge < -0.3 is 19.4 Å². The highest BCUT2D eigenvalue weighted by Crippen LogP contribution is 2.27. The molecule has 1 atom stereocenters. The van der Waals surface area contributed by atoms with Crippen LogP contribution in [-0.2, 0) is 14.3 Å². The van der Waals surface area contributed by atoms with Crippen LogP contribution in [-0.4, -0.2) is 53.9 Å². The molecule has 0 spiro atoms. The van der Waals surface area contributed by atoms with Crippen LogP contribution in [0.25, 0.3) is 22.4 Å². The molecular weight excluding hydrogens is 374 g/mol. The number of amides is 2. The quantitative estimate of drug-likeness (QED) is 0.681. The number of hydrogen-bond donors (Lipinski definition) is 1. The summed E-state index contributed by atoms with van der Waals surface area (Å²) in [4.78, 5) is 43.7. The molecule has 4 rings (SSSR count). The van der Waals surface area contributed by atoms with Crippen LogP contribution in [0.5, 0.6) is 0 Å². The van der Waals surface area contributed by atoms with Gasteiger partial charge in [0.2, 0.25) is 5.91 Å². The topological polar surface area (TPSA) is 102 Å². The minimum atomic E-state index is -0.928. The molecule has 3 heterocycles. The Morgan fingerprint density at radius 2 is 2.10 bits per heavy atom. The van der Waals surface area contributed by atoms with Crippen LogP contribution in [0, 0.1) is 0 Å². The van der Waals surface area contributed by atoms with Crippen molar-refractivity contribution in [3.05, 3.63) is 54.3 Å². The number of methoxy groups -OCH3 is 1. The standard InChI is InChI=1S/C21H19N3O5/c1-28-19(25)12-17-20(26)22-8-9-24(17)21(27)14-11-16(18-7-4-10-29-18)23-15-6-3-2-5-13(14)15/h2-7,10-11,17H,8-9,12H2,1H3,(H,22,26)/t17-/m1/s1. The molecule has 2 amide bonds. The van der Waals surface area contributed by atoms with Crippen molar-refractivity contribution in [3.8, 4) is 11.5 Å². The highest BCUT2D eigenvalue weighted by molar-refractivity contribution is 6.08. The first-order chi connectivity index (χ1) is 14.1. The smallest absolute Gasteiger partial charge is 0.308 e. The summed E-state index contributed by atoms with van der Waals surface area (Å²) < 4.78 is 10.1. The molecule has 8 nitrogen and oxygen atoms in total. The number of carbonyl (C=O) groups is 3. The number of ether oxygens (including phenoxy) is 1. The lowest BCUT2D eigenvalue weighted by Gasteiger charge is -2.34. The molecule has 1 fully saturated rings. The van der Waals surface area contributed by atoms with Crippen LogP contribution in [0.2, 0.25) is 0 Å². The second-order valence-corrected chi connectivity index (χ2v) is 6.64. The lowest BCUT2D eigenvalue weighted by molar-refractivity contribution is -0.145. The van der Waals surface area contributed by atoms with Gasteiger partial charge in [0, 0.05) is 18.5 Å². The van der Waals surface area contributed by atoms with Crippen LogP contribution in [0.15, 0.2) is 53.1 Å². The largest absolute Gasteiger partial charge is 0.469 e. The molecule has 3 aromatic rings. The van der Waals surface area contributed by atoms with Crippen LogP contribution >= 0.6 is 0 Å². The van der Waals surface area contributed by atoms with Crippen molar-refractivity contribution in [2.45, 2.75) is 12.5 Å². The first-order valence-electron chi connectivity index (χ1n) is 9.17. The third kappa shape index (κ3) is 3.56. The zero-order valence-corrected chi connectivity index (χ0v) is 15.8. The molecule has 0 unspecified atom stereocenters. The second kappa shape index (κ2) is 7.75. The van der Waals surface area contributed by atoms with E-state index in [2.05, 4.69) is 10.3 Å². The van der Waals surface area contributed by atoms with Crippen molar-refractivity contribution in [1.82, 2.24) is 15.2 Å². The first-order valence-corrected chi connectivity index (χ1v) is 9.17. The molecule has 0 bridgehead atoms. The van der Waals surface area contributed by atoms with Gasteiger partial charge in [-0.3, -0.25) is 14.4 Å². The Hall–Kier alpha value is -3.68. The predicted molar refractivity (Wildman–Crippen MR) is 104 cm³/mol. The van der Waals surface area contributed by atoms with Crippen LogP contribution in [0.4, 0.5) is 0 Å². The summed E-state index contributed by atoms with van der Waals surface area (Å²) in [6, 6.07) is 11.5. The van der Waals surface area contributed by atoms with Gasteiger partial charge in [-0.2, -0.15) is 0 Å². The van der Waals surface area contributed by atoms with E-state index in [0.29, 0.717) is 41.0 Å². The average molecular weight is 393 g/mol. The van der Waals surface area contributed by atoms with E-state index in [9.17, 15) is 14.4 Å². The molecule has 2 aromatic heterocycles. The third-order valence-electron chi connectivity index (χ3n) is 4.90. The minimum Gasteiger partial charge on any atom is -0.469 e. The lowest BCUT2D eigenvalue weighted by Crippen LogP contribution is -2.57. The van der Waals surface area contributed by atoms with E-state index in [1.165, 1.54) is 18.3 Å². The SMILES string of the molecule is COC(=O)C[C@@H]1C(=O)NCCN1C(=O)c1cc(-c2ccco2)nc2ccccc12. The van der Waals surface area contributed by atoms with Crippen molar-refractivity contribution >= 4 is 28.7 Å². The summed E-state index contributed by atoms with van der Waals surface area (Å²) in [7, 11) is 1.25. The highest BCUT2D eigenvalue weighted by Gasteiger charge is 2.36. The molecule has 148 valence electrons. The number of nitrogens with one attached hydrogen (secondary N) is 1. The number of para-hydroxylation sites is 1. The number of piperazine rings is 1. The molecular formula is C21H19N3O5. The van der Waals surface area contributed by atoms with E-state index < -0.39 is 12.0 Å². The van der Waals surface area contributed by atoms with Crippen LogP contribution in [0.1, 0.15) is 16.8 Å². The molecule has 1 aliphatic rings. The number of furan rings is 1. The number of nitrogens with zero attached hydrogens (tertiary/aromatic N) is 2. The number of aromatic nitrogens is 1. The first kappa shape index (κ1) is 18.7. The number of carbonyl (C=O) groups excluding carboxylic acids is 3. The van der Waals surface area contributed by atoms with Crippen molar-refractivity contribution in [2.24, 2.45) is 0 Å². The minimum absolute atomic E-state index is 0.206. The maximum atomic E-state index is 13.5. The fourth-order valence-corrected chi connectivity index (χ4v) is 3.46. The molecule has 0 radical (unpaired) electrons. The highest BCUT2D eigenvalue weighted by atomic mass is 16.5. The van der Waals surface area contributed by atoms with Crippen molar-refractivity contribution in [3.63, 3.8) is 0 Å². The van der Waals surface area contributed by atoms with Gasteiger partial charge in [0.05, 0.1) is 30.9 Å². The van der Waals surface area contributed by atoms with Gasteiger partial charge in [-0.15, -0.1) is 0 Å². The third-order valence-corrected chi connectivity index (χ3v) is 4.90. The van der Waals surface area contributed by atoms with Gasteiger partial charge >= 0.3 is 5.97 Å². The molecule has 29 heavy (non-hydrogen) atoms. The maximum absolute atomic E-state index is 13.5. The van der Waals surface area contributed by atoms with Gasteiger partial charge in [0.25, 0.3) is 5.91 Å². The van der Waals surface area contributed by atoms with Crippen molar-refractivity contribution in [2.75, 3.05) is 20.2 Å². The Bertz CT molecular complexity index is 1080. The zero-order chi connectivity index (χ0) is 20.4. The molecule has 0 saturated carbocycles. The van der Waals surface area contributed by atoms with Crippen LogP contribution < -0.4 is 5.32 Å². The van der Waals surface area contributed by atoms with E-state index in [4.69, 9.17) is 9.15 Å². The molecule has 0 aliphatic carbocycles. The van der Waals surface area contributed by atoms with E-state index in [0.717, 1.165) is 0 Å². The summed E-state index contributed by atoms with van der Waals surface area (Å²) in [6.45, 7) is 0.606. The van der Waals surface area contributed by atoms with E-state index in [1.807, 2.05) is 18.2 Å². The number of hydrogen-bond acceptors (Lipinski definition) is 6. The Balaban J connectivity index is 1.79. The number of fused-ring (bicyclic) bond motifs is 1. The van der Waals surface area contributed by atoms with E-state index in [1.54, 1.807) is 24.3 Å². The zero-order valence-electron chi connectivity index (χ0n) is 15.8. The summed E-state index contributed by atoms with van der Waals surface area (Å²) in [6.07, 6.45) is 1.33. The molecule has 1 N–H and O–H groups in total. The number of rotatable bonds is 4. The van der Waals surface area contributed by atoms with Crippen molar-refractivity contribution in [1.29, 1.82) is 0 Å². The molecule has 1 saturated heterocycles. The van der Waals surface area contributed by atoms with E-state index in [-0.39, 0.29) is 18.2 Å². The number of pyridine rings is 1.